The maximum Gasteiger partial charge on any atom is 0.137 e. The maximum absolute atomic E-state index is 6.19. The number of hydrogen-bond acceptors (Lipinski definition) is 3. The average Bonchev–Trinajstić information content (AvgIpc) is 2.62. The highest BCUT2D eigenvalue weighted by molar-refractivity contribution is 6.29. The van der Waals surface area contributed by atoms with Crippen LogP contribution in [0.5, 0.6) is 0 Å². The Morgan fingerprint density at radius 2 is 2.00 bits per heavy atom. The number of anilines is 1. The summed E-state index contributed by atoms with van der Waals surface area (Å²) in [6, 6.07) is 1.91. The predicted octanol–water partition coefficient (Wildman–Crippen LogP) is 4.44. The van der Waals surface area contributed by atoms with E-state index >= 15 is 0 Å². The zero-order valence-electron chi connectivity index (χ0n) is 13.1. The fourth-order valence-electron chi connectivity index (χ4n) is 2.71. The normalized spacial score (nSPS) is 20.9. The quantitative estimate of drug-likeness (QED) is 0.755. The lowest BCUT2D eigenvalue weighted by Gasteiger charge is -2.24. The third-order valence-corrected chi connectivity index (χ3v) is 4.29. The fourth-order valence-corrected chi connectivity index (χ4v) is 2.88. The van der Waals surface area contributed by atoms with E-state index in [0.29, 0.717) is 5.15 Å². The summed E-state index contributed by atoms with van der Waals surface area (Å²) >= 11 is 6.19. The second-order valence-corrected chi connectivity index (χ2v) is 7.20. The molecule has 0 aliphatic carbocycles. The monoisotopic (exact) mass is 295 g/mol. The molecule has 1 unspecified atom stereocenters. The average molecular weight is 296 g/mol. The Morgan fingerprint density at radius 1 is 1.25 bits per heavy atom. The van der Waals surface area contributed by atoms with Crippen LogP contribution in [0, 0.1) is 5.92 Å². The molecule has 0 aromatic carbocycles. The second-order valence-electron chi connectivity index (χ2n) is 6.81. The minimum Gasteiger partial charge on any atom is -0.356 e. The molecule has 2 rings (SSSR count). The molecule has 0 saturated carbocycles. The summed E-state index contributed by atoms with van der Waals surface area (Å²) in [6.07, 6.45) is 5.11. The van der Waals surface area contributed by atoms with Crippen molar-refractivity contribution in [1.82, 2.24) is 9.97 Å². The molecule has 4 heteroatoms. The predicted molar refractivity (Wildman–Crippen MR) is 85.6 cm³/mol. The van der Waals surface area contributed by atoms with Crippen molar-refractivity contribution in [2.45, 2.75) is 58.8 Å². The Labute approximate surface area is 127 Å². The lowest BCUT2D eigenvalue weighted by atomic mass is 9.96. The van der Waals surface area contributed by atoms with E-state index in [1.54, 1.807) is 0 Å². The second kappa shape index (κ2) is 6.30. The first-order chi connectivity index (χ1) is 9.40. The Balaban J connectivity index is 2.22. The molecule has 0 amide bonds. The van der Waals surface area contributed by atoms with Crippen LogP contribution in [0.25, 0.3) is 0 Å². The van der Waals surface area contributed by atoms with Crippen LogP contribution >= 0.6 is 11.6 Å². The van der Waals surface area contributed by atoms with Gasteiger partial charge in [0.1, 0.15) is 16.8 Å². The van der Waals surface area contributed by atoms with Crippen LogP contribution in [0.2, 0.25) is 5.15 Å². The van der Waals surface area contributed by atoms with Gasteiger partial charge in [0.25, 0.3) is 0 Å². The molecule has 1 fully saturated rings. The Hall–Kier alpha value is -0.830. The van der Waals surface area contributed by atoms with E-state index in [1.165, 1.54) is 25.7 Å². The molecule has 1 aliphatic rings. The third-order valence-electron chi connectivity index (χ3n) is 4.10. The summed E-state index contributed by atoms with van der Waals surface area (Å²) in [6.45, 7) is 10.8. The van der Waals surface area contributed by atoms with Crippen molar-refractivity contribution in [3.8, 4) is 0 Å². The number of nitrogens with zero attached hydrogens (tertiary/aromatic N) is 3. The summed E-state index contributed by atoms with van der Waals surface area (Å²) in [7, 11) is 0. The van der Waals surface area contributed by atoms with Crippen LogP contribution in [0.4, 0.5) is 5.82 Å². The van der Waals surface area contributed by atoms with Gasteiger partial charge in [-0.25, -0.2) is 9.97 Å². The standard InChI is InChI=1S/C16H26ClN3/c1-5-12-7-6-9-20(10-8-12)14-11-13(17)18-15(19-14)16(2,3)4/h11-12H,5-10H2,1-4H3. The molecule has 20 heavy (non-hydrogen) atoms. The Morgan fingerprint density at radius 3 is 2.65 bits per heavy atom. The van der Waals surface area contributed by atoms with E-state index in [-0.39, 0.29) is 5.41 Å². The Bertz CT molecular complexity index is 454. The maximum atomic E-state index is 6.19. The first kappa shape index (κ1) is 15.6. The van der Waals surface area contributed by atoms with Gasteiger partial charge < -0.3 is 4.90 Å². The number of aromatic nitrogens is 2. The van der Waals surface area contributed by atoms with Crippen LogP contribution in [-0.4, -0.2) is 23.1 Å². The summed E-state index contributed by atoms with van der Waals surface area (Å²) < 4.78 is 0. The molecule has 2 heterocycles. The first-order valence-corrected chi connectivity index (χ1v) is 8.08. The van der Waals surface area contributed by atoms with Gasteiger partial charge in [0.05, 0.1) is 0 Å². The van der Waals surface area contributed by atoms with E-state index in [0.717, 1.165) is 30.6 Å². The molecule has 112 valence electrons. The first-order valence-electron chi connectivity index (χ1n) is 7.70. The smallest absolute Gasteiger partial charge is 0.137 e. The van der Waals surface area contributed by atoms with Crippen LogP contribution in [0.15, 0.2) is 6.07 Å². The SMILES string of the molecule is CCC1CCCN(c2cc(Cl)nc(C(C)(C)C)n2)CC1. The molecule has 0 radical (unpaired) electrons. The van der Waals surface area contributed by atoms with Gasteiger partial charge in [-0.2, -0.15) is 0 Å². The van der Waals surface area contributed by atoms with E-state index in [2.05, 4.69) is 37.6 Å². The molecule has 1 atom stereocenters. The van der Waals surface area contributed by atoms with Crippen LogP contribution < -0.4 is 4.90 Å². The minimum absolute atomic E-state index is 0.0720. The molecular weight excluding hydrogens is 270 g/mol. The van der Waals surface area contributed by atoms with E-state index in [4.69, 9.17) is 16.6 Å². The zero-order valence-corrected chi connectivity index (χ0v) is 13.9. The van der Waals surface area contributed by atoms with Crippen molar-refractivity contribution < 1.29 is 0 Å². The van der Waals surface area contributed by atoms with E-state index in [1.807, 2.05) is 6.07 Å². The summed E-state index contributed by atoms with van der Waals surface area (Å²) in [5.41, 5.74) is -0.0720. The van der Waals surface area contributed by atoms with E-state index in [9.17, 15) is 0 Å². The van der Waals surface area contributed by atoms with Gasteiger partial charge in [-0.15, -0.1) is 0 Å². The van der Waals surface area contributed by atoms with Gasteiger partial charge in [0, 0.05) is 24.6 Å². The molecular formula is C16H26ClN3. The highest BCUT2D eigenvalue weighted by atomic mass is 35.5. The zero-order chi connectivity index (χ0) is 14.8. The Kier molecular flexibility index (Phi) is 4.90. The van der Waals surface area contributed by atoms with E-state index < -0.39 is 0 Å². The molecule has 1 aromatic heterocycles. The number of hydrogen-bond donors (Lipinski definition) is 0. The van der Waals surface area contributed by atoms with Crippen molar-refractivity contribution in [2.75, 3.05) is 18.0 Å². The van der Waals surface area contributed by atoms with Gasteiger partial charge in [0.2, 0.25) is 0 Å². The van der Waals surface area contributed by atoms with Crippen molar-refractivity contribution >= 4 is 17.4 Å². The summed E-state index contributed by atoms with van der Waals surface area (Å²) in [5, 5.41) is 0.552. The van der Waals surface area contributed by atoms with Crippen molar-refractivity contribution in [1.29, 1.82) is 0 Å². The van der Waals surface area contributed by atoms with Gasteiger partial charge in [0.15, 0.2) is 0 Å². The number of rotatable bonds is 2. The number of halogens is 1. The highest BCUT2D eigenvalue weighted by Crippen LogP contribution is 2.27. The molecule has 3 nitrogen and oxygen atoms in total. The lowest BCUT2D eigenvalue weighted by molar-refractivity contribution is 0.459. The highest BCUT2D eigenvalue weighted by Gasteiger charge is 2.22. The minimum atomic E-state index is -0.0720. The molecule has 0 bridgehead atoms. The molecule has 0 N–H and O–H groups in total. The topological polar surface area (TPSA) is 29.0 Å². The third kappa shape index (κ3) is 3.85. The molecule has 1 saturated heterocycles. The molecule has 1 aliphatic heterocycles. The van der Waals surface area contributed by atoms with Gasteiger partial charge in [-0.05, 0) is 25.2 Å². The van der Waals surface area contributed by atoms with Crippen molar-refractivity contribution in [2.24, 2.45) is 5.92 Å². The van der Waals surface area contributed by atoms with Gasteiger partial charge >= 0.3 is 0 Å². The lowest BCUT2D eigenvalue weighted by Crippen LogP contribution is -2.27. The van der Waals surface area contributed by atoms with Gasteiger partial charge in [-0.3, -0.25) is 0 Å². The summed E-state index contributed by atoms with van der Waals surface area (Å²) in [5.74, 6) is 2.68. The van der Waals surface area contributed by atoms with Gasteiger partial charge in [-0.1, -0.05) is 45.7 Å². The fraction of sp³-hybridized carbons (Fsp3) is 0.750. The van der Waals surface area contributed by atoms with Crippen LogP contribution in [0.1, 0.15) is 59.2 Å². The van der Waals surface area contributed by atoms with Crippen LogP contribution in [0.3, 0.4) is 0 Å². The molecule has 0 spiro atoms. The molecule has 1 aromatic rings. The van der Waals surface area contributed by atoms with Crippen molar-refractivity contribution in [3.63, 3.8) is 0 Å². The largest absolute Gasteiger partial charge is 0.356 e. The van der Waals surface area contributed by atoms with Crippen molar-refractivity contribution in [3.05, 3.63) is 17.0 Å². The van der Waals surface area contributed by atoms with Crippen LogP contribution in [-0.2, 0) is 5.41 Å². The summed E-state index contributed by atoms with van der Waals surface area (Å²) in [4.78, 5) is 11.5.